The number of fused-ring (bicyclic) bond motifs is 5. The lowest BCUT2D eigenvalue weighted by Gasteiger charge is -2.27. The van der Waals surface area contributed by atoms with Crippen molar-refractivity contribution in [1.82, 2.24) is 4.98 Å². The van der Waals surface area contributed by atoms with E-state index in [4.69, 9.17) is 9.47 Å². The third-order valence-corrected chi connectivity index (χ3v) is 11.1. The number of nitrogens with zero attached hydrogens (tertiary/aromatic N) is 1. The second kappa shape index (κ2) is 16.3. The molecular formula is C44H48N2O8. The van der Waals surface area contributed by atoms with Crippen molar-refractivity contribution in [2.45, 2.75) is 88.8 Å². The van der Waals surface area contributed by atoms with Gasteiger partial charge >= 0.3 is 0 Å². The second-order valence-corrected chi connectivity index (χ2v) is 14.8. The minimum atomic E-state index is -0.986. The summed E-state index contributed by atoms with van der Waals surface area (Å²) < 4.78 is 11.6. The number of anilines is 2. The van der Waals surface area contributed by atoms with Gasteiger partial charge in [-0.05, 0) is 151 Å². The third-order valence-electron chi connectivity index (χ3n) is 11.1. The molecule has 0 unspecified atom stereocenters. The van der Waals surface area contributed by atoms with E-state index in [2.05, 4.69) is 10.3 Å². The van der Waals surface area contributed by atoms with Crippen LogP contribution in [0, 0.1) is 5.92 Å². The highest BCUT2D eigenvalue weighted by atomic mass is 16.5. The van der Waals surface area contributed by atoms with Crippen molar-refractivity contribution in [1.29, 1.82) is 0 Å². The van der Waals surface area contributed by atoms with Gasteiger partial charge in [-0.15, -0.1) is 0 Å². The van der Waals surface area contributed by atoms with Crippen molar-refractivity contribution >= 4 is 28.1 Å². The van der Waals surface area contributed by atoms with Crippen LogP contribution in [0.4, 0.5) is 11.5 Å². The van der Waals surface area contributed by atoms with E-state index >= 15 is 0 Å². The molecule has 4 aromatic carbocycles. The number of Topliss-reactive ketones (excluding diaryl/α,β-unsaturated/α-hetero) is 1. The van der Waals surface area contributed by atoms with Crippen molar-refractivity contribution in [2.75, 3.05) is 12.4 Å². The molecule has 1 aliphatic heterocycles. The van der Waals surface area contributed by atoms with Crippen LogP contribution in [0.1, 0.15) is 79.5 Å². The number of aromatic nitrogens is 1. The van der Waals surface area contributed by atoms with Gasteiger partial charge in [0, 0.05) is 24.2 Å². The predicted molar refractivity (Wildman–Crippen MR) is 207 cm³/mol. The van der Waals surface area contributed by atoms with Gasteiger partial charge in [-0.25, -0.2) is 4.98 Å². The zero-order valence-electron chi connectivity index (χ0n) is 30.5. The number of phenols is 4. The fourth-order valence-electron chi connectivity index (χ4n) is 8.09. The Balaban J connectivity index is 1.26. The van der Waals surface area contributed by atoms with E-state index in [0.717, 1.165) is 65.3 Å². The summed E-state index contributed by atoms with van der Waals surface area (Å²) in [6, 6.07) is 21.3. The van der Waals surface area contributed by atoms with Crippen molar-refractivity contribution in [3.05, 3.63) is 101 Å². The second-order valence-electron chi connectivity index (χ2n) is 14.8. The number of benzene rings is 4. The number of aliphatic hydroxyl groups excluding tert-OH is 1. The summed E-state index contributed by atoms with van der Waals surface area (Å²) >= 11 is 0. The van der Waals surface area contributed by atoms with Crippen LogP contribution in [0.3, 0.4) is 0 Å². The van der Waals surface area contributed by atoms with Gasteiger partial charge in [0.1, 0.15) is 17.4 Å². The monoisotopic (exact) mass is 732 g/mol. The molecule has 0 saturated heterocycles. The molecule has 1 aliphatic carbocycles. The maximum Gasteiger partial charge on any atom is 0.200 e. The summed E-state index contributed by atoms with van der Waals surface area (Å²) in [6.07, 6.45) is 7.73. The Morgan fingerprint density at radius 1 is 0.852 bits per heavy atom. The lowest BCUT2D eigenvalue weighted by atomic mass is 9.80. The van der Waals surface area contributed by atoms with E-state index in [1.165, 1.54) is 13.2 Å². The summed E-state index contributed by atoms with van der Waals surface area (Å²) in [5.41, 5.74) is 4.19. The Labute approximate surface area is 315 Å². The molecule has 5 aromatic rings. The topological polar surface area (TPSA) is 162 Å². The Morgan fingerprint density at radius 3 is 2.50 bits per heavy atom. The number of aromatic hydroxyl groups is 4. The van der Waals surface area contributed by atoms with E-state index < -0.39 is 17.9 Å². The number of aliphatic hydroxyl groups is 1. The lowest BCUT2D eigenvalue weighted by molar-refractivity contribution is -0.127. The first-order valence-corrected chi connectivity index (χ1v) is 18.9. The van der Waals surface area contributed by atoms with Crippen LogP contribution in [0.15, 0.2) is 79.0 Å². The van der Waals surface area contributed by atoms with E-state index in [1.807, 2.05) is 30.3 Å². The van der Waals surface area contributed by atoms with Crippen molar-refractivity contribution in [3.8, 4) is 34.5 Å². The van der Waals surface area contributed by atoms with E-state index in [-0.39, 0.29) is 53.5 Å². The molecule has 1 fully saturated rings. The SMILES string of the molecule is COc1cc(CC[C@@H](O)[C@H]2Cc3ccnc(c3)Nc3ccc4cc(O)ccc4c3CC[C@@H](c3cc(O)c(O)c(OC4CCCCC4)c3)CC2=O)ccc1O. The van der Waals surface area contributed by atoms with Crippen molar-refractivity contribution < 1.29 is 39.8 Å². The van der Waals surface area contributed by atoms with E-state index in [0.29, 0.717) is 42.8 Å². The number of aryl methyl sites for hydroxylation is 2. The number of rotatable bonds is 8. The molecule has 282 valence electrons. The average Bonchev–Trinajstić information content (AvgIpc) is 3.18. The summed E-state index contributed by atoms with van der Waals surface area (Å²) in [5, 5.41) is 59.4. The number of methoxy groups -OCH3 is 1. The molecule has 6 N–H and O–H groups in total. The van der Waals surface area contributed by atoms with E-state index in [1.54, 1.807) is 42.6 Å². The molecule has 10 heteroatoms. The first kappa shape index (κ1) is 36.9. The molecule has 0 amide bonds. The van der Waals surface area contributed by atoms with Crippen LogP contribution < -0.4 is 14.8 Å². The van der Waals surface area contributed by atoms with Gasteiger partial charge in [0.05, 0.1) is 19.3 Å². The maximum atomic E-state index is 14.6. The number of pyridine rings is 1. The molecule has 2 bridgehead atoms. The normalized spacial score (nSPS) is 18.7. The number of ketones is 1. The van der Waals surface area contributed by atoms with Gasteiger partial charge in [0.25, 0.3) is 0 Å². The quantitative estimate of drug-likeness (QED) is 0.0856. The lowest BCUT2D eigenvalue weighted by Crippen LogP contribution is -2.32. The van der Waals surface area contributed by atoms with Crippen LogP contribution in [-0.2, 0) is 24.1 Å². The molecule has 7 rings (SSSR count). The molecule has 2 heterocycles. The molecule has 10 nitrogen and oxygen atoms in total. The van der Waals surface area contributed by atoms with Gasteiger partial charge in [0.2, 0.25) is 5.75 Å². The van der Waals surface area contributed by atoms with Gasteiger partial charge in [-0.3, -0.25) is 4.79 Å². The molecule has 2 aliphatic rings. The Kier molecular flexibility index (Phi) is 11.1. The highest BCUT2D eigenvalue weighted by molar-refractivity contribution is 5.92. The van der Waals surface area contributed by atoms with Gasteiger partial charge in [0.15, 0.2) is 23.0 Å². The van der Waals surface area contributed by atoms with Crippen molar-refractivity contribution in [3.63, 3.8) is 0 Å². The standard InChI is InChI=1S/C44H48N2O8/c1-53-41-20-26(8-16-38(41)49)7-15-37(48)35-19-27-17-18-45-43(21-27)46-36-14-10-29-22-31(47)11-13-33(29)34(36)12-9-28(23-39(35)50)30-24-40(51)44(52)42(25-30)54-32-5-3-2-4-6-32/h8,10-11,13-14,16-18,20-22,24-25,28,32,35,37,47-49,51-52H,2-7,9,12,15,19,23H2,1H3,(H,45,46)/t28-,35-,37-/m1/s1. The fourth-order valence-corrected chi connectivity index (χ4v) is 8.09. The number of phenolic OH excluding ortho intramolecular Hbond substituents is 4. The fraction of sp³-hybridized carbons (Fsp3) is 0.364. The first-order chi connectivity index (χ1) is 26.1. The Bertz CT molecular complexity index is 2130. The molecule has 3 atom stereocenters. The zero-order chi connectivity index (χ0) is 37.8. The Hall–Kier alpha value is -5.48. The molecule has 1 saturated carbocycles. The summed E-state index contributed by atoms with van der Waals surface area (Å²) in [5.74, 6) is -0.551. The number of carbonyl (C=O) groups is 1. The maximum absolute atomic E-state index is 14.6. The molecule has 0 spiro atoms. The molecule has 54 heavy (non-hydrogen) atoms. The van der Waals surface area contributed by atoms with Crippen LogP contribution in [0.2, 0.25) is 0 Å². The van der Waals surface area contributed by atoms with Gasteiger partial charge in [-0.2, -0.15) is 0 Å². The summed E-state index contributed by atoms with van der Waals surface area (Å²) in [6.45, 7) is 0. The smallest absolute Gasteiger partial charge is 0.200 e. The van der Waals surface area contributed by atoms with Gasteiger partial charge < -0.3 is 40.3 Å². The van der Waals surface area contributed by atoms with Crippen LogP contribution in [-0.4, -0.2) is 55.6 Å². The highest BCUT2D eigenvalue weighted by Crippen LogP contribution is 2.43. The van der Waals surface area contributed by atoms with Crippen LogP contribution >= 0.6 is 0 Å². The van der Waals surface area contributed by atoms with Gasteiger partial charge in [-0.1, -0.05) is 24.6 Å². The minimum Gasteiger partial charge on any atom is -0.508 e. The number of hydrogen-bond acceptors (Lipinski definition) is 10. The number of carbonyl (C=O) groups excluding carboxylic acids is 1. The average molecular weight is 733 g/mol. The number of nitrogens with one attached hydrogen (secondary N) is 1. The number of ether oxygens (including phenoxy) is 2. The zero-order valence-corrected chi connectivity index (χ0v) is 30.5. The predicted octanol–water partition coefficient (Wildman–Crippen LogP) is 8.36. The number of hydrogen-bond donors (Lipinski definition) is 6. The van der Waals surface area contributed by atoms with E-state index in [9.17, 15) is 30.3 Å². The first-order valence-electron chi connectivity index (χ1n) is 18.9. The summed E-state index contributed by atoms with van der Waals surface area (Å²) in [7, 11) is 1.48. The molecular weight excluding hydrogens is 684 g/mol. The minimum absolute atomic E-state index is 0.0289. The van der Waals surface area contributed by atoms with Crippen LogP contribution in [0.25, 0.3) is 10.8 Å². The Morgan fingerprint density at radius 2 is 1.69 bits per heavy atom. The largest absolute Gasteiger partial charge is 0.508 e. The summed E-state index contributed by atoms with van der Waals surface area (Å²) in [4.78, 5) is 19.2. The van der Waals surface area contributed by atoms with Crippen LogP contribution in [0.5, 0.6) is 34.5 Å². The molecule has 0 radical (unpaired) electrons. The van der Waals surface area contributed by atoms with Crippen molar-refractivity contribution in [2.24, 2.45) is 5.92 Å². The third kappa shape index (κ3) is 8.34. The highest BCUT2D eigenvalue weighted by Gasteiger charge is 2.31. The molecule has 1 aromatic heterocycles.